The number of hydrogen-bond acceptors (Lipinski definition) is 4. The van der Waals surface area contributed by atoms with E-state index in [2.05, 4.69) is 15.2 Å². The molecule has 7 heteroatoms. The van der Waals surface area contributed by atoms with Crippen molar-refractivity contribution in [3.05, 3.63) is 65.7 Å². The summed E-state index contributed by atoms with van der Waals surface area (Å²) in [4.78, 5) is 20.9. The molecule has 2 heterocycles. The summed E-state index contributed by atoms with van der Waals surface area (Å²) in [5, 5.41) is 7.40. The quantitative estimate of drug-likeness (QED) is 0.583. The lowest BCUT2D eigenvalue weighted by molar-refractivity contribution is -0.140. The van der Waals surface area contributed by atoms with Gasteiger partial charge in [-0.25, -0.2) is 9.37 Å². The largest absolute Gasteiger partial charge is 0.497 e. The van der Waals surface area contributed by atoms with Crippen molar-refractivity contribution < 1.29 is 13.9 Å². The summed E-state index contributed by atoms with van der Waals surface area (Å²) >= 11 is 0. The number of nitrogens with one attached hydrogen (secondary N) is 1. The number of ether oxygens (including phenoxy) is 1. The first-order valence-corrected chi connectivity index (χ1v) is 11.7. The predicted molar refractivity (Wildman–Crippen MR) is 123 cm³/mol. The van der Waals surface area contributed by atoms with Gasteiger partial charge >= 0.3 is 0 Å². The molecular weight excluding hydrogens is 419 g/mol. The van der Waals surface area contributed by atoms with E-state index in [1.165, 1.54) is 12.1 Å². The molecule has 33 heavy (non-hydrogen) atoms. The lowest BCUT2D eigenvalue weighted by atomic mass is 9.68. The molecule has 2 aliphatic rings. The number of methoxy groups -OCH3 is 1. The average Bonchev–Trinajstić information content (AvgIpc) is 3.54. The summed E-state index contributed by atoms with van der Waals surface area (Å²) in [6, 6.07) is 14.0. The van der Waals surface area contributed by atoms with Crippen LogP contribution >= 0.6 is 0 Å². The maximum Gasteiger partial charge on any atom is 0.233 e. The summed E-state index contributed by atoms with van der Waals surface area (Å²) in [6.45, 7) is 0.716. The molecule has 2 aromatic carbocycles. The third-order valence-electron chi connectivity index (χ3n) is 7.19. The summed E-state index contributed by atoms with van der Waals surface area (Å²) in [6.07, 6.45) is 6.76. The Hall–Kier alpha value is -3.22. The van der Waals surface area contributed by atoms with Crippen molar-refractivity contribution in [3.8, 4) is 17.1 Å². The molecule has 3 aromatic rings. The third-order valence-corrected chi connectivity index (χ3v) is 7.19. The molecule has 172 valence electrons. The van der Waals surface area contributed by atoms with E-state index in [9.17, 15) is 9.18 Å². The van der Waals surface area contributed by atoms with E-state index < -0.39 is 5.41 Å². The van der Waals surface area contributed by atoms with Crippen LogP contribution in [0.25, 0.3) is 11.4 Å². The fourth-order valence-electron chi connectivity index (χ4n) is 5.41. The van der Waals surface area contributed by atoms with Crippen molar-refractivity contribution in [2.75, 3.05) is 13.7 Å². The lowest BCUT2D eigenvalue weighted by Gasteiger charge is -2.40. The minimum Gasteiger partial charge on any atom is -0.497 e. The first-order chi connectivity index (χ1) is 16.1. The Bertz CT molecular complexity index is 1100. The molecule has 1 aromatic heterocycles. The molecule has 0 bridgehead atoms. The van der Waals surface area contributed by atoms with Crippen LogP contribution in [0.4, 0.5) is 4.39 Å². The fourth-order valence-corrected chi connectivity index (χ4v) is 5.41. The van der Waals surface area contributed by atoms with Crippen LogP contribution in [0, 0.1) is 5.82 Å². The number of amides is 1. The number of aromatic nitrogens is 3. The van der Waals surface area contributed by atoms with E-state index in [0.29, 0.717) is 18.2 Å². The van der Waals surface area contributed by atoms with Crippen molar-refractivity contribution in [1.29, 1.82) is 0 Å². The zero-order valence-electron chi connectivity index (χ0n) is 18.9. The van der Waals surface area contributed by atoms with Gasteiger partial charge in [0.25, 0.3) is 0 Å². The maximum absolute atomic E-state index is 14.2. The van der Waals surface area contributed by atoms with Crippen molar-refractivity contribution in [3.63, 3.8) is 0 Å². The minimum atomic E-state index is -0.507. The smallest absolute Gasteiger partial charge is 0.233 e. The van der Waals surface area contributed by atoms with E-state index in [1.807, 2.05) is 29.2 Å². The van der Waals surface area contributed by atoms with Gasteiger partial charge in [-0.05, 0) is 67.6 Å². The average molecular weight is 449 g/mol. The number of nitrogens with zero attached hydrogens (tertiary/aromatic N) is 3. The van der Waals surface area contributed by atoms with Crippen molar-refractivity contribution >= 4 is 5.91 Å². The Morgan fingerprint density at radius 3 is 2.48 bits per heavy atom. The van der Waals surface area contributed by atoms with Gasteiger partial charge in [-0.2, -0.15) is 5.10 Å². The van der Waals surface area contributed by atoms with E-state index in [4.69, 9.17) is 4.74 Å². The van der Waals surface area contributed by atoms with Gasteiger partial charge in [0.2, 0.25) is 5.91 Å². The van der Waals surface area contributed by atoms with Gasteiger partial charge in [0, 0.05) is 12.1 Å². The predicted octanol–water partition coefficient (Wildman–Crippen LogP) is 5.19. The first-order valence-electron chi connectivity index (χ1n) is 11.7. The Labute approximate surface area is 193 Å². The molecule has 1 amide bonds. The monoisotopic (exact) mass is 448 g/mol. The van der Waals surface area contributed by atoms with E-state index in [-0.39, 0.29) is 17.8 Å². The Kier molecular flexibility index (Phi) is 5.87. The number of hydrogen-bond donors (Lipinski definition) is 1. The highest BCUT2D eigenvalue weighted by atomic mass is 19.1. The Morgan fingerprint density at radius 1 is 1.06 bits per heavy atom. The molecule has 2 fully saturated rings. The Balaban J connectivity index is 1.44. The van der Waals surface area contributed by atoms with Crippen LogP contribution < -0.4 is 4.74 Å². The number of aromatic amines is 1. The topological polar surface area (TPSA) is 71.1 Å². The van der Waals surface area contributed by atoms with Crippen LogP contribution in [0.15, 0.2) is 48.5 Å². The summed E-state index contributed by atoms with van der Waals surface area (Å²) in [5.41, 5.74) is 1.31. The molecular formula is C26H29FN4O2. The van der Waals surface area contributed by atoms with E-state index in [0.717, 1.165) is 61.8 Å². The normalized spacial score (nSPS) is 20.1. The number of carbonyl (C=O) groups is 1. The van der Waals surface area contributed by atoms with E-state index >= 15 is 0 Å². The number of H-pyrrole nitrogens is 1. The number of benzene rings is 2. The second-order valence-corrected chi connectivity index (χ2v) is 9.08. The minimum absolute atomic E-state index is 0.128. The van der Waals surface area contributed by atoms with Crippen LogP contribution in [0.3, 0.4) is 0 Å². The van der Waals surface area contributed by atoms with Crippen LogP contribution in [-0.2, 0) is 10.2 Å². The standard InChI is InChI=1S/C26H29FN4O2/c1-33-21-13-9-19(10-14-21)26(15-3-2-4-16-26)25(32)31-17-5-6-22(31)24-28-23(29-30-24)18-7-11-20(27)12-8-18/h7-14,22H,2-6,15-17H2,1H3,(H,28,29,30)/t22-/m0/s1. The molecule has 1 aliphatic carbocycles. The van der Waals surface area contributed by atoms with Crippen molar-refractivity contribution in [2.24, 2.45) is 0 Å². The van der Waals surface area contributed by atoms with Gasteiger partial charge in [0.15, 0.2) is 5.82 Å². The van der Waals surface area contributed by atoms with Crippen molar-refractivity contribution in [2.45, 2.75) is 56.4 Å². The van der Waals surface area contributed by atoms with Gasteiger partial charge in [0.1, 0.15) is 17.4 Å². The van der Waals surface area contributed by atoms with Gasteiger partial charge in [-0.3, -0.25) is 9.89 Å². The van der Waals surface area contributed by atoms with E-state index in [1.54, 1.807) is 19.2 Å². The van der Waals surface area contributed by atoms with Crippen LogP contribution in [0.1, 0.15) is 62.4 Å². The van der Waals surface area contributed by atoms with Crippen molar-refractivity contribution in [1.82, 2.24) is 20.1 Å². The molecule has 0 spiro atoms. The number of rotatable bonds is 5. The molecule has 5 rings (SSSR count). The van der Waals surface area contributed by atoms with Gasteiger partial charge in [-0.1, -0.05) is 31.4 Å². The molecule has 1 saturated carbocycles. The van der Waals surface area contributed by atoms with Gasteiger partial charge in [0.05, 0.1) is 18.6 Å². The molecule has 6 nitrogen and oxygen atoms in total. The molecule has 1 atom stereocenters. The second kappa shape index (κ2) is 8.96. The zero-order valence-corrected chi connectivity index (χ0v) is 18.9. The Morgan fingerprint density at radius 2 is 1.79 bits per heavy atom. The van der Waals surface area contributed by atoms with Crippen LogP contribution in [-0.4, -0.2) is 39.6 Å². The lowest BCUT2D eigenvalue weighted by Crippen LogP contribution is -2.48. The highest BCUT2D eigenvalue weighted by Crippen LogP contribution is 2.44. The molecule has 0 radical (unpaired) electrons. The summed E-state index contributed by atoms with van der Waals surface area (Å²) in [7, 11) is 1.66. The SMILES string of the molecule is COc1ccc(C2(C(=O)N3CCC[C@H]3c3nc(-c4ccc(F)cc4)n[nH]3)CCCCC2)cc1. The summed E-state index contributed by atoms with van der Waals surface area (Å²) < 4.78 is 18.6. The zero-order chi connectivity index (χ0) is 22.8. The fraction of sp³-hybridized carbons (Fsp3) is 0.423. The molecule has 1 saturated heterocycles. The molecule has 1 aliphatic heterocycles. The maximum atomic E-state index is 14.2. The highest BCUT2D eigenvalue weighted by molar-refractivity contribution is 5.89. The first kappa shape index (κ1) is 21.6. The second-order valence-electron chi connectivity index (χ2n) is 9.08. The number of carbonyl (C=O) groups excluding carboxylic acids is 1. The third kappa shape index (κ3) is 4.01. The number of halogens is 1. The highest BCUT2D eigenvalue weighted by Gasteiger charge is 2.46. The number of likely N-dealkylation sites (tertiary alicyclic amines) is 1. The van der Waals surface area contributed by atoms with Crippen LogP contribution in [0.2, 0.25) is 0 Å². The summed E-state index contributed by atoms with van der Waals surface area (Å²) in [5.74, 6) is 1.91. The van der Waals surface area contributed by atoms with Crippen LogP contribution in [0.5, 0.6) is 5.75 Å². The van der Waals surface area contributed by atoms with Gasteiger partial charge in [-0.15, -0.1) is 0 Å². The van der Waals surface area contributed by atoms with Gasteiger partial charge < -0.3 is 9.64 Å². The molecule has 0 unspecified atom stereocenters. The molecule has 1 N–H and O–H groups in total.